The van der Waals surface area contributed by atoms with Crippen molar-refractivity contribution in [2.75, 3.05) is 13.1 Å². The first-order chi connectivity index (χ1) is 13.9. The third kappa shape index (κ3) is 3.96. The molecular formula is C22H27FN4O2. The van der Waals surface area contributed by atoms with Gasteiger partial charge in [0.05, 0.1) is 11.7 Å². The summed E-state index contributed by atoms with van der Waals surface area (Å²) < 4.78 is 13.2. The molecule has 0 spiro atoms. The van der Waals surface area contributed by atoms with E-state index in [2.05, 4.69) is 23.7 Å². The third-order valence-corrected chi connectivity index (χ3v) is 6.02. The van der Waals surface area contributed by atoms with Crippen LogP contribution in [0.4, 0.5) is 4.39 Å². The van der Waals surface area contributed by atoms with E-state index in [0.29, 0.717) is 36.9 Å². The molecule has 3 heterocycles. The Morgan fingerprint density at radius 3 is 2.69 bits per heavy atom. The van der Waals surface area contributed by atoms with E-state index in [1.54, 1.807) is 4.90 Å². The van der Waals surface area contributed by atoms with Crippen LogP contribution in [0.15, 0.2) is 29.1 Å². The first kappa shape index (κ1) is 19.8. The maximum atomic E-state index is 13.2. The molecule has 1 aromatic heterocycles. The summed E-state index contributed by atoms with van der Waals surface area (Å²) in [5.74, 6) is 0.0422. The van der Waals surface area contributed by atoms with Gasteiger partial charge in [-0.3, -0.25) is 14.5 Å². The lowest BCUT2D eigenvalue weighted by Gasteiger charge is -2.36. The van der Waals surface area contributed by atoms with Crippen LogP contribution in [0.3, 0.4) is 0 Å². The number of fused-ring (bicyclic) bond motifs is 1. The number of amides is 1. The Balaban J connectivity index is 1.66. The van der Waals surface area contributed by atoms with E-state index in [1.807, 2.05) is 0 Å². The van der Waals surface area contributed by atoms with Crippen molar-refractivity contribution in [2.45, 2.75) is 58.2 Å². The molecule has 154 valence electrons. The molecule has 2 aliphatic heterocycles. The lowest BCUT2D eigenvalue weighted by molar-refractivity contribution is 0.0598. The predicted octanol–water partition coefficient (Wildman–Crippen LogP) is 3.04. The summed E-state index contributed by atoms with van der Waals surface area (Å²) in [5, 5.41) is 0. The average Bonchev–Trinajstić information content (AvgIpc) is 2.73. The van der Waals surface area contributed by atoms with Gasteiger partial charge in [-0.2, -0.15) is 0 Å². The van der Waals surface area contributed by atoms with E-state index in [9.17, 15) is 14.0 Å². The molecule has 4 rings (SSSR count). The van der Waals surface area contributed by atoms with Gasteiger partial charge in [-0.15, -0.1) is 0 Å². The Morgan fingerprint density at radius 1 is 1.21 bits per heavy atom. The zero-order valence-electron chi connectivity index (χ0n) is 16.9. The van der Waals surface area contributed by atoms with Crippen molar-refractivity contribution in [1.29, 1.82) is 0 Å². The van der Waals surface area contributed by atoms with Crippen molar-refractivity contribution in [3.8, 4) is 0 Å². The zero-order valence-corrected chi connectivity index (χ0v) is 16.9. The van der Waals surface area contributed by atoms with Crippen LogP contribution in [0.2, 0.25) is 0 Å². The minimum atomic E-state index is -0.368. The number of nitrogens with one attached hydrogen (secondary N) is 1. The number of aromatic amines is 1. The fraction of sp³-hybridized carbons (Fsp3) is 0.500. The average molecular weight is 398 g/mol. The normalized spacial score (nSPS) is 20.0. The lowest BCUT2D eigenvalue weighted by Crippen LogP contribution is -2.42. The van der Waals surface area contributed by atoms with Crippen LogP contribution in [-0.2, 0) is 13.0 Å². The number of carbonyl (C=O) groups is 1. The summed E-state index contributed by atoms with van der Waals surface area (Å²) in [4.78, 5) is 37.7. The Labute approximate surface area is 169 Å². The standard InChI is InChI=1S/C22H27FN4O2/c1-14(2)26-12-10-17-18(13-26)24-20(25-21(17)28)19-5-3-4-11-27(19)22(29)15-6-8-16(23)9-7-15/h6-9,14,19H,3-5,10-13H2,1-2H3,(H,24,25,28)/t19-/m1/s1. The smallest absolute Gasteiger partial charge is 0.254 e. The van der Waals surface area contributed by atoms with E-state index >= 15 is 0 Å². The molecule has 1 saturated heterocycles. The maximum absolute atomic E-state index is 13.2. The molecule has 1 atom stereocenters. The second-order valence-corrected chi connectivity index (χ2v) is 8.21. The van der Waals surface area contributed by atoms with Crippen molar-refractivity contribution in [1.82, 2.24) is 19.8 Å². The molecule has 2 aromatic rings. The van der Waals surface area contributed by atoms with Gasteiger partial charge in [-0.1, -0.05) is 0 Å². The van der Waals surface area contributed by atoms with E-state index in [0.717, 1.165) is 37.1 Å². The summed E-state index contributed by atoms with van der Waals surface area (Å²) in [5.41, 5.74) is 1.94. The highest BCUT2D eigenvalue weighted by Gasteiger charge is 2.32. The first-order valence-electron chi connectivity index (χ1n) is 10.4. The quantitative estimate of drug-likeness (QED) is 0.863. The Kier molecular flexibility index (Phi) is 5.50. The van der Waals surface area contributed by atoms with Crippen LogP contribution in [0.5, 0.6) is 0 Å². The summed E-state index contributed by atoms with van der Waals surface area (Å²) in [6.45, 7) is 6.39. The summed E-state index contributed by atoms with van der Waals surface area (Å²) in [7, 11) is 0. The van der Waals surface area contributed by atoms with Gasteiger partial charge in [0.25, 0.3) is 11.5 Å². The Bertz CT molecular complexity index is 954. The highest BCUT2D eigenvalue weighted by Crippen LogP contribution is 2.31. The molecule has 1 amide bonds. The Morgan fingerprint density at radius 2 is 1.97 bits per heavy atom. The van der Waals surface area contributed by atoms with E-state index in [1.165, 1.54) is 24.3 Å². The van der Waals surface area contributed by atoms with E-state index < -0.39 is 0 Å². The molecule has 1 aromatic carbocycles. The second-order valence-electron chi connectivity index (χ2n) is 8.21. The molecule has 0 bridgehead atoms. The van der Waals surface area contributed by atoms with Gasteiger partial charge >= 0.3 is 0 Å². The number of nitrogens with zero attached hydrogens (tertiary/aromatic N) is 3. The van der Waals surface area contributed by atoms with E-state index in [-0.39, 0.29) is 23.3 Å². The van der Waals surface area contributed by atoms with Gasteiger partial charge in [0.15, 0.2) is 0 Å². The second kappa shape index (κ2) is 8.06. The third-order valence-electron chi connectivity index (χ3n) is 6.02. The number of likely N-dealkylation sites (tertiary alicyclic amines) is 1. The molecule has 0 radical (unpaired) electrons. The number of H-pyrrole nitrogens is 1. The number of halogens is 1. The van der Waals surface area contributed by atoms with Crippen LogP contribution < -0.4 is 5.56 Å². The van der Waals surface area contributed by atoms with Gasteiger partial charge in [-0.05, 0) is 63.8 Å². The number of hydrogen-bond acceptors (Lipinski definition) is 4. The fourth-order valence-corrected chi connectivity index (χ4v) is 4.29. The van der Waals surface area contributed by atoms with Crippen LogP contribution in [0, 0.1) is 5.82 Å². The molecule has 7 heteroatoms. The summed E-state index contributed by atoms with van der Waals surface area (Å²) in [6.07, 6.45) is 3.32. The zero-order chi connectivity index (χ0) is 20.5. The Hall–Kier alpha value is -2.54. The van der Waals surface area contributed by atoms with Crippen molar-refractivity contribution in [3.63, 3.8) is 0 Å². The number of piperidine rings is 1. The topological polar surface area (TPSA) is 69.3 Å². The minimum Gasteiger partial charge on any atom is -0.328 e. The van der Waals surface area contributed by atoms with Crippen LogP contribution in [0.25, 0.3) is 0 Å². The van der Waals surface area contributed by atoms with E-state index in [4.69, 9.17) is 4.98 Å². The number of hydrogen-bond donors (Lipinski definition) is 1. The molecule has 6 nitrogen and oxygen atoms in total. The number of carbonyl (C=O) groups excluding carboxylic acids is 1. The molecule has 29 heavy (non-hydrogen) atoms. The first-order valence-corrected chi connectivity index (χ1v) is 10.4. The molecular weight excluding hydrogens is 371 g/mol. The van der Waals surface area contributed by atoms with Crippen LogP contribution in [-0.4, -0.2) is 44.8 Å². The number of rotatable bonds is 3. The molecule has 0 aliphatic carbocycles. The van der Waals surface area contributed by atoms with Crippen LogP contribution in [0.1, 0.15) is 66.6 Å². The molecule has 2 aliphatic rings. The summed E-state index contributed by atoms with van der Waals surface area (Å²) >= 11 is 0. The fourth-order valence-electron chi connectivity index (χ4n) is 4.29. The maximum Gasteiger partial charge on any atom is 0.254 e. The van der Waals surface area contributed by atoms with Crippen molar-refractivity contribution < 1.29 is 9.18 Å². The van der Waals surface area contributed by atoms with Crippen molar-refractivity contribution >= 4 is 5.91 Å². The number of aromatic nitrogens is 2. The molecule has 0 unspecified atom stereocenters. The lowest BCUT2D eigenvalue weighted by atomic mass is 9.99. The van der Waals surface area contributed by atoms with Gasteiger partial charge in [0, 0.05) is 36.8 Å². The van der Waals surface area contributed by atoms with Crippen molar-refractivity contribution in [3.05, 3.63) is 63.1 Å². The molecule has 1 fully saturated rings. The van der Waals surface area contributed by atoms with Crippen LogP contribution >= 0.6 is 0 Å². The molecule has 0 saturated carbocycles. The largest absolute Gasteiger partial charge is 0.328 e. The minimum absolute atomic E-state index is 0.0897. The highest BCUT2D eigenvalue weighted by atomic mass is 19.1. The van der Waals surface area contributed by atoms with Gasteiger partial charge in [0.1, 0.15) is 11.6 Å². The molecule has 1 N–H and O–H groups in total. The summed E-state index contributed by atoms with van der Waals surface area (Å²) in [6, 6.07) is 5.73. The predicted molar refractivity (Wildman–Crippen MR) is 108 cm³/mol. The van der Waals surface area contributed by atoms with Crippen molar-refractivity contribution in [2.24, 2.45) is 0 Å². The van der Waals surface area contributed by atoms with Gasteiger partial charge < -0.3 is 9.88 Å². The number of benzene rings is 1. The van der Waals surface area contributed by atoms with Gasteiger partial charge in [0.2, 0.25) is 0 Å². The monoisotopic (exact) mass is 398 g/mol. The van der Waals surface area contributed by atoms with Gasteiger partial charge in [-0.25, -0.2) is 9.37 Å². The SMILES string of the molecule is CC(C)N1CCc2c(nc([C@H]3CCCCN3C(=O)c3ccc(F)cc3)[nH]c2=O)C1. The highest BCUT2D eigenvalue weighted by molar-refractivity contribution is 5.94.